The molecule has 0 radical (unpaired) electrons. The van der Waals surface area contributed by atoms with Gasteiger partial charge >= 0.3 is 0 Å². The summed E-state index contributed by atoms with van der Waals surface area (Å²) in [5.74, 6) is 6.15. The van der Waals surface area contributed by atoms with Crippen molar-refractivity contribution in [1.82, 2.24) is 4.90 Å². The summed E-state index contributed by atoms with van der Waals surface area (Å²) in [6.07, 6.45) is 44.2. The smallest absolute Gasteiger partial charge is 0.0936 e. The first kappa shape index (κ1) is 52.0. The van der Waals surface area contributed by atoms with Gasteiger partial charge in [0.2, 0.25) is 0 Å². The fraction of sp³-hybridized carbons (Fsp3) is 0.895. The molecule has 3 saturated carbocycles. The summed E-state index contributed by atoms with van der Waals surface area (Å²) in [5.41, 5.74) is 2.68. The maximum Gasteiger partial charge on any atom is 0.0936 e. The molecule has 0 aromatic carbocycles. The number of fused-ring (bicyclic) bond motifs is 5. The largest absolute Gasteiger partial charge is 0.379 e. The molecule has 4 aliphatic carbocycles. The highest BCUT2D eigenvalue weighted by atomic mass is 16.6. The van der Waals surface area contributed by atoms with Crippen LogP contribution in [-0.4, -0.2) is 76.4 Å². The number of likely N-dealkylation sites (tertiary alicyclic amines) is 1. The topological polar surface area (TPSA) is 40.2 Å². The van der Waals surface area contributed by atoms with Crippen LogP contribution < -0.4 is 0 Å². The Morgan fingerprint density at radius 3 is 2.26 bits per heavy atom. The normalized spacial score (nSPS) is 31.2. The summed E-state index contributed by atoms with van der Waals surface area (Å²) in [6, 6.07) is 0. The Balaban J connectivity index is 0.912. The van der Waals surface area contributed by atoms with Gasteiger partial charge in [0.15, 0.2) is 0 Å². The van der Waals surface area contributed by atoms with Crippen molar-refractivity contribution < 1.29 is 18.9 Å². The first-order chi connectivity index (χ1) is 30.1. The molecule has 1 heterocycles. The fourth-order valence-electron chi connectivity index (χ4n) is 13.5. The molecule has 62 heavy (non-hydrogen) atoms. The van der Waals surface area contributed by atoms with E-state index in [2.05, 4.69) is 83.7 Å². The van der Waals surface area contributed by atoms with Crippen LogP contribution in [0.4, 0.5) is 0 Å². The average molecular weight is 864 g/mol. The molecule has 5 nitrogen and oxygen atoms in total. The van der Waals surface area contributed by atoms with E-state index >= 15 is 0 Å². The van der Waals surface area contributed by atoms with E-state index in [1.807, 2.05) is 0 Å². The Labute approximate surface area is 384 Å². The molecular formula is C57H101NO4. The Morgan fingerprint density at radius 1 is 0.742 bits per heavy atom. The van der Waals surface area contributed by atoms with Gasteiger partial charge in [-0.3, -0.25) is 0 Å². The number of nitrogens with zero attached hydrogens (tertiary/aromatic N) is 1. The Bertz CT molecular complexity index is 1290. The number of rotatable bonds is 32. The van der Waals surface area contributed by atoms with Crippen molar-refractivity contribution in [2.75, 3.05) is 59.3 Å². The second kappa shape index (κ2) is 28.3. The third-order valence-electron chi connectivity index (χ3n) is 17.2. The van der Waals surface area contributed by atoms with E-state index in [1.54, 1.807) is 5.57 Å². The summed E-state index contributed by atoms with van der Waals surface area (Å²) >= 11 is 0. The van der Waals surface area contributed by atoms with Crippen LogP contribution in [0, 0.1) is 52.3 Å². The van der Waals surface area contributed by atoms with E-state index in [1.165, 1.54) is 148 Å². The maximum absolute atomic E-state index is 6.52. The third-order valence-corrected chi connectivity index (χ3v) is 17.2. The van der Waals surface area contributed by atoms with Crippen LogP contribution in [-0.2, 0) is 18.9 Å². The lowest BCUT2D eigenvalue weighted by atomic mass is 9.47. The summed E-state index contributed by atoms with van der Waals surface area (Å²) in [6.45, 7) is 24.8. The summed E-state index contributed by atoms with van der Waals surface area (Å²) in [4.78, 5) is 2.57. The number of ether oxygens (including phenoxy) is 4. The van der Waals surface area contributed by atoms with Crippen molar-refractivity contribution in [3.63, 3.8) is 0 Å². The first-order valence-electron chi connectivity index (χ1n) is 27.2. The van der Waals surface area contributed by atoms with E-state index < -0.39 is 0 Å². The van der Waals surface area contributed by atoms with E-state index in [9.17, 15) is 0 Å². The summed E-state index contributed by atoms with van der Waals surface area (Å²) in [7, 11) is 0. The van der Waals surface area contributed by atoms with E-state index in [4.69, 9.17) is 18.9 Å². The van der Waals surface area contributed by atoms with Gasteiger partial charge in [-0.15, -0.1) is 0 Å². The molecule has 5 rings (SSSR count). The van der Waals surface area contributed by atoms with Crippen LogP contribution in [0.5, 0.6) is 0 Å². The molecule has 0 aromatic heterocycles. The average Bonchev–Trinajstić information content (AvgIpc) is 3.84. The van der Waals surface area contributed by atoms with Crippen molar-refractivity contribution in [3.05, 3.63) is 36.0 Å². The fourth-order valence-corrected chi connectivity index (χ4v) is 13.5. The quantitative estimate of drug-likeness (QED) is 0.0498. The number of hydrogen-bond donors (Lipinski definition) is 0. The Morgan fingerprint density at radius 2 is 1.50 bits per heavy atom. The minimum atomic E-state index is 0.112. The second-order valence-corrected chi connectivity index (χ2v) is 22.4. The number of allylic oxidation sites excluding steroid dienone is 5. The molecule has 0 bridgehead atoms. The van der Waals surface area contributed by atoms with E-state index in [-0.39, 0.29) is 6.10 Å². The van der Waals surface area contributed by atoms with Gasteiger partial charge in [0.1, 0.15) is 0 Å². The van der Waals surface area contributed by atoms with Gasteiger partial charge in [-0.25, -0.2) is 0 Å². The standard InChI is InChI=1S/C57H101NO4/c1-8-9-10-11-12-13-14-15-16-17-18-19-20-21-22-23-37-60-45-51(44-58-36-33-47(4)43-58)62-41-39-59-38-40-61-50-31-34-56(6)49(42-50)27-28-52-54-30-29-53(48(5)26-24-25-46(2)3)57(54,7)35-32-55(52)56/h12-13,15-16,27,46-48,50-55H,8-11,14,17-26,28-45H2,1-7H3/b13-12-,16-15-/t47?,48-,50+,51?,52?,53-,54+,55+,56+,57-/m1/s1. The van der Waals surface area contributed by atoms with Crippen molar-refractivity contribution in [2.45, 2.75) is 215 Å². The van der Waals surface area contributed by atoms with Gasteiger partial charge in [0, 0.05) is 19.7 Å². The monoisotopic (exact) mass is 864 g/mol. The van der Waals surface area contributed by atoms with E-state index in [0.717, 1.165) is 73.8 Å². The van der Waals surface area contributed by atoms with Gasteiger partial charge in [-0.05, 0) is 155 Å². The molecule has 358 valence electrons. The summed E-state index contributed by atoms with van der Waals surface area (Å²) < 4.78 is 25.2. The molecule has 0 N–H and O–H groups in total. The Hall–Kier alpha value is -0.980. The molecule has 0 amide bonds. The lowest BCUT2D eigenvalue weighted by Gasteiger charge is -2.58. The predicted molar refractivity (Wildman–Crippen MR) is 264 cm³/mol. The molecule has 4 fully saturated rings. The lowest BCUT2D eigenvalue weighted by Crippen LogP contribution is -2.51. The number of unbranched alkanes of at least 4 members (excludes halogenated alkanes) is 9. The highest BCUT2D eigenvalue weighted by Gasteiger charge is 2.59. The predicted octanol–water partition coefficient (Wildman–Crippen LogP) is 15.0. The van der Waals surface area contributed by atoms with Crippen LogP contribution in [0.2, 0.25) is 0 Å². The second-order valence-electron chi connectivity index (χ2n) is 22.4. The number of hydrogen-bond acceptors (Lipinski definition) is 5. The van der Waals surface area contributed by atoms with Gasteiger partial charge in [0.05, 0.1) is 45.2 Å². The highest BCUT2D eigenvalue weighted by molar-refractivity contribution is 5.25. The molecule has 3 unspecified atom stereocenters. The molecular weight excluding hydrogens is 763 g/mol. The molecule has 1 saturated heterocycles. The minimum Gasteiger partial charge on any atom is -0.379 e. The van der Waals surface area contributed by atoms with Gasteiger partial charge in [0.25, 0.3) is 0 Å². The lowest BCUT2D eigenvalue weighted by molar-refractivity contribution is -0.0731. The third kappa shape index (κ3) is 16.4. The SMILES string of the molecule is CCCCC/C=C\C/C=C\CCCCCCCCOCC(CN1CCC(C)C1)OCCOCCO[C@H]1CC[C@@]2(C)C(=CCC3[C@@H]4CC[C@H]([C@H](C)CCCC(C)C)[C@@]4(C)CC[C@@H]32)C1. The molecule has 1 aliphatic heterocycles. The zero-order valence-corrected chi connectivity index (χ0v) is 42.0. The minimum absolute atomic E-state index is 0.112. The molecule has 5 aliphatic rings. The Kier molecular flexibility index (Phi) is 23.7. The van der Waals surface area contributed by atoms with Crippen molar-refractivity contribution in [3.8, 4) is 0 Å². The van der Waals surface area contributed by atoms with Crippen molar-refractivity contribution >= 4 is 0 Å². The highest BCUT2D eigenvalue weighted by Crippen LogP contribution is 2.67. The molecule has 10 atom stereocenters. The maximum atomic E-state index is 6.52. The zero-order chi connectivity index (χ0) is 44.0. The zero-order valence-electron chi connectivity index (χ0n) is 42.0. The van der Waals surface area contributed by atoms with Crippen LogP contribution in [0.15, 0.2) is 36.0 Å². The van der Waals surface area contributed by atoms with Crippen molar-refractivity contribution in [1.29, 1.82) is 0 Å². The van der Waals surface area contributed by atoms with Crippen LogP contribution >= 0.6 is 0 Å². The molecule has 0 aromatic rings. The van der Waals surface area contributed by atoms with Crippen LogP contribution in [0.1, 0.15) is 203 Å². The molecule has 0 spiro atoms. The first-order valence-corrected chi connectivity index (χ1v) is 27.2. The van der Waals surface area contributed by atoms with Crippen molar-refractivity contribution in [2.24, 2.45) is 52.3 Å². The van der Waals surface area contributed by atoms with Gasteiger partial charge in [-0.2, -0.15) is 0 Å². The summed E-state index contributed by atoms with van der Waals surface area (Å²) in [5, 5.41) is 0. The van der Waals surface area contributed by atoms with E-state index in [0.29, 0.717) is 50.0 Å². The van der Waals surface area contributed by atoms with Gasteiger partial charge < -0.3 is 23.8 Å². The molecule has 5 heteroatoms. The van der Waals surface area contributed by atoms with Gasteiger partial charge in [-0.1, -0.05) is 142 Å². The van der Waals surface area contributed by atoms with Crippen LogP contribution in [0.25, 0.3) is 0 Å². The van der Waals surface area contributed by atoms with Crippen LogP contribution in [0.3, 0.4) is 0 Å².